The fraction of sp³-hybridized carbons (Fsp3) is 1.00. The van der Waals surface area contributed by atoms with Crippen molar-refractivity contribution in [1.82, 2.24) is 16.0 Å². The Morgan fingerprint density at radius 1 is 0.700 bits per heavy atom. The van der Waals surface area contributed by atoms with Crippen LogP contribution in [0, 0.1) is 58.2 Å². The first-order valence-electron chi connectivity index (χ1n) is 13.7. The Hall–Kier alpha value is -0.120. The number of piperidine rings is 3. The van der Waals surface area contributed by atoms with Gasteiger partial charge < -0.3 is 16.0 Å². The fourth-order valence-electron chi connectivity index (χ4n) is 10.5. The molecule has 0 aromatic rings. The van der Waals surface area contributed by atoms with Crippen LogP contribution in [0.4, 0.5) is 0 Å². The highest BCUT2D eigenvalue weighted by atomic mass is 15.0. The van der Waals surface area contributed by atoms with Gasteiger partial charge in [-0.3, -0.25) is 0 Å². The van der Waals surface area contributed by atoms with E-state index in [1.807, 2.05) is 0 Å². The Balaban J connectivity index is 1.30. The number of hydrogen-bond acceptors (Lipinski definition) is 3. The maximum Gasteiger partial charge on any atom is 0.0116 e. The van der Waals surface area contributed by atoms with Crippen molar-refractivity contribution in [1.29, 1.82) is 0 Å². The smallest absolute Gasteiger partial charge is 0.0116 e. The van der Waals surface area contributed by atoms with Crippen molar-refractivity contribution < 1.29 is 0 Å². The minimum absolute atomic E-state index is 0.595. The van der Waals surface area contributed by atoms with Crippen molar-refractivity contribution in [3.8, 4) is 0 Å². The summed E-state index contributed by atoms with van der Waals surface area (Å²) >= 11 is 0. The van der Waals surface area contributed by atoms with E-state index in [9.17, 15) is 0 Å². The summed E-state index contributed by atoms with van der Waals surface area (Å²) < 4.78 is 0. The highest BCUT2D eigenvalue weighted by Gasteiger charge is 2.61. The van der Waals surface area contributed by atoms with E-state index in [0.717, 1.165) is 53.4 Å². The third-order valence-electron chi connectivity index (χ3n) is 11.6. The van der Waals surface area contributed by atoms with Gasteiger partial charge in [0.2, 0.25) is 0 Å². The number of hydrogen-bond donors (Lipinski definition) is 3. The Morgan fingerprint density at radius 2 is 1.47 bits per heavy atom. The summed E-state index contributed by atoms with van der Waals surface area (Å²) in [7, 11) is 0. The van der Waals surface area contributed by atoms with Crippen LogP contribution < -0.4 is 16.0 Å². The van der Waals surface area contributed by atoms with Gasteiger partial charge in [0, 0.05) is 6.04 Å². The third-order valence-corrected chi connectivity index (χ3v) is 11.6. The van der Waals surface area contributed by atoms with E-state index in [1.165, 1.54) is 84.1 Å². The van der Waals surface area contributed by atoms with E-state index >= 15 is 0 Å². The lowest BCUT2D eigenvalue weighted by atomic mass is 9.46. The van der Waals surface area contributed by atoms with Crippen LogP contribution >= 0.6 is 0 Å². The fourth-order valence-corrected chi connectivity index (χ4v) is 10.5. The van der Waals surface area contributed by atoms with Crippen LogP contribution in [0.25, 0.3) is 0 Å². The van der Waals surface area contributed by atoms with Crippen LogP contribution in [0.15, 0.2) is 0 Å². The second-order valence-corrected chi connectivity index (χ2v) is 13.3. The molecule has 30 heavy (non-hydrogen) atoms. The first-order valence-corrected chi connectivity index (χ1v) is 13.7. The maximum atomic E-state index is 4.13. The second kappa shape index (κ2) is 7.45. The van der Waals surface area contributed by atoms with E-state index in [2.05, 4.69) is 36.7 Å². The molecule has 3 saturated heterocycles. The van der Waals surface area contributed by atoms with Crippen LogP contribution in [0.1, 0.15) is 72.1 Å². The predicted molar refractivity (Wildman–Crippen MR) is 124 cm³/mol. The van der Waals surface area contributed by atoms with Crippen LogP contribution in [0.3, 0.4) is 0 Å². The lowest BCUT2D eigenvalue weighted by molar-refractivity contribution is -0.103. The molecule has 9 atom stereocenters. The molecule has 3 heterocycles. The van der Waals surface area contributed by atoms with Crippen LogP contribution in [-0.4, -0.2) is 38.8 Å². The summed E-state index contributed by atoms with van der Waals surface area (Å²) in [5.41, 5.74) is 1.28. The summed E-state index contributed by atoms with van der Waals surface area (Å²) in [5.74, 6) is 7.63. The summed E-state index contributed by atoms with van der Waals surface area (Å²) in [6, 6.07) is 0.766. The summed E-state index contributed by atoms with van der Waals surface area (Å²) in [6.45, 7) is 14.0. The highest BCUT2D eigenvalue weighted by molar-refractivity contribution is 5.13. The van der Waals surface area contributed by atoms with Gasteiger partial charge in [-0.05, 0) is 142 Å². The molecule has 3 N–H and O–H groups in total. The van der Waals surface area contributed by atoms with Gasteiger partial charge in [-0.1, -0.05) is 20.8 Å². The van der Waals surface area contributed by atoms with Gasteiger partial charge in [0.05, 0.1) is 0 Å². The summed E-state index contributed by atoms with van der Waals surface area (Å²) in [5, 5.41) is 11.9. The average Bonchev–Trinajstić information content (AvgIpc) is 3.03. The third kappa shape index (κ3) is 3.00. The van der Waals surface area contributed by atoms with Crippen LogP contribution in [-0.2, 0) is 0 Å². The minimum Gasteiger partial charge on any atom is -0.316 e. The van der Waals surface area contributed by atoms with Gasteiger partial charge in [-0.25, -0.2) is 0 Å². The molecule has 3 aliphatic carbocycles. The molecule has 3 heteroatoms. The summed E-state index contributed by atoms with van der Waals surface area (Å²) in [6.07, 6.45) is 11.9. The van der Waals surface area contributed by atoms with Crippen LogP contribution in [0.5, 0.6) is 0 Å². The molecule has 0 radical (unpaired) electrons. The normalized spacial score (nSPS) is 58.3. The van der Waals surface area contributed by atoms with Gasteiger partial charge in [0.15, 0.2) is 0 Å². The van der Waals surface area contributed by atoms with Crippen molar-refractivity contribution in [2.24, 2.45) is 58.2 Å². The summed E-state index contributed by atoms with van der Waals surface area (Å²) in [4.78, 5) is 0. The van der Waals surface area contributed by atoms with Gasteiger partial charge in [0.1, 0.15) is 0 Å². The monoisotopic (exact) mass is 413 g/mol. The zero-order valence-corrected chi connectivity index (χ0v) is 19.9. The highest BCUT2D eigenvalue weighted by Crippen LogP contribution is 2.65. The lowest BCUT2D eigenvalue weighted by Gasteiger charge is -2.61. The molecule has 0 amide bonds. The molecule has 3 aliphatic heterocycles. The van der Waals surface area contributed by atoms with Crippen molar-refractivity contribution >= 4 is 0 Å². The minimum atomic E-state index is 0.595. The topological polar surface area (TPSA) is 36.1 Å². The van der Waals surface area contributed by atoms with E-state index < -0.39 is 0 Å². The van der Waals surface area contributed by atoms with Gasteiger partial charge in [-0.2, -0.15) is 0 Å². The van der Waals surface area contributed by atoms with Gasteiger partial charge in [0.25, 0.3) is 0 Å². The van der Waals surface area contributed by atoms with Crippen LogP contribution in [0.2, 0.25) is 0 Å². The maximum absolute atomic E-state index is 4.13. The molecule has 170 valence electrons. The molecule has 6 rings (SSSR count). The molecular weight excluding hydrogens is 366 g/mol. The number of nitrogens with one attached hydrogen (secondary N) is 3. The zero-order valence-electron chi connectivity index (χ0n) is 19.9. The zero-order chi connectivity index (χ0) is 20.5. The SMILES string of the molecule is CC1CC2(CCNCC2C2C[C@@H](C)CC23CCNCC3C2CC3C(CN2)C[C@@H]3C)C1. The lowest BCUT2D eigenvalue weighted by Crippen LogP contribution is -2.63. The van der Waals surface area contributed by atoms with Crippen molar-refractivity contribution in [3.63, 3.8) is 0 Å². The number of fused-ring (bicyclic) bond motifs is 1. The molecule has 0 bridgehead atoms. The second-order valence-electron chi connectivity index (χ2n) is 13.3. The van der Waals surface area contributed by atoms with Gasteiger partial charge in [-0.15, -0.1) is 0 Å². The first-order chi connectivity index (χ1) is 14.5. The standard InChI is InChI=1S/C27H47N3/c1-17-8-22(23-15-28-6-4-26(23)11-18(2)12-26)27(13-17)5-7-29-16-24(27)25-10-21-19(3)9-20(21)14-30-25/h17-25,28-30H,4-16H2,1-3H3/t17-,18?,19+,20?,21?,22?,23?,24?,25?,26?,27?/m1/s1. The van der Waals surface area contributed by atoms with E-state index in [-0.39, 0.29) is 0 Å². The van der Waals surface area contributed by atoms with Crippen molar-refractivity contribution in [2.45, 2.75) is 78.2 Å². The first kappa shape index (κ1) is 20.5. The molecule has 2 spiro atoms. The molecule has 7 unspecified atom stereocenters. The van der Waals surface area contributed by atoms with E-state index in [1.54, 1.807) is 0 Å². The molecule has 0 aromatic heterocycles. The van der Waals surface area contributed by atoms with Crippen molar-refractivity contribution in [2.75, 3.05) is 32.7 Å². The Bertz CT molecular complexity index is 637. The number of rotatable bonds is 2. The van der Waals surface area contributed by atoms with Gasteiger partial charge >= 0.3 is 0 Å². The average molecular weight is 414 g/mol. The van der Waals surface area contributed by atoms with Crippen molar-refractivity contribution in [3.05, 3.63) is 0 Å². The molecule has 6 fully saturated rings. The predicted octanol–water partition coefficient (Wildman–Crippen LogP) is 4.29. The van der Waals surface area contributed by atoms with E-state index in [4.69, 9.17) is 0 Å². The molecule has 0 aromatic carbocycles. The Kier molecular flexibility index (Phi) is 5.09. The molecule has 3 nitrogen and oxygen atoms in total. The van der Waals surface area contributed by atoms with E-state index in [0.29, 0.717) is 10.8 Å². The molecule has 3 saturated carbocycles. The molecular formula is C27H47N3. The quantitative estimate of drug-likeness (QED) is 0.632. The Labute approximate surface area is 185 Å². The Morgan fingerprint density at radius 3 is 2.23 bits per heavy atom. The largest absolute Gasteiger partial charge is 0.316 e. The molecule has 6 aliphatic rings.